The van der Waals surface area contributed by atoms with Gasteiger partial charge in [0.25, 0.3) is 10.0 Å². The third kappa shape index (κ3) is 8.26. The monoisotopic (exact) mass is 677 g/mol. The molecule has 0 aliphatic carbocycles. The number of nitrogens with zero attached hydrogens (tertiary/aromatic N) is 2. The summed E-state index contributed by atoms with van der Waals surface area (Å²) in [5.74, 6) is -0.364. The Balaban J connectivity index is 2.07. The number of anilines is 1. The van der Waals surface area contributed by atoms with Crippen molar-refractivity contribution in [3.05, 3.63) is 87.4 Å². The Morgan fingerprint density at radius 1 is 1.05 bits per heavy atom. The lowest BCUT2D eigenvalue weighted by molar-refractivity contribution is -0.140. The molecule has 3 aromatic carbocycles. The molecule has 42 heavy (non-hydrogen) atoms. The first-order valence-electron chi connectivity index (χ1n) is 13.8. The molecule has 3 aromatic rings. The Morgan fingerprint density at radius 3 is 2.33 bits per heavy atom. The van der Waals surface area contributed by atoms with Gasteiger partial charge in [0.05, 0.1) is 22.2 Å². The first-order chi connectivity index (χ1) is 20.0. The average Bonchev–Trinajstić information content (AvgIpc) is 2.97. The van der Waals surface area contributed by atoms with Gasteiger partial charge in [0, 0.05) is 18.1 Å². The molecule has 226 valence electrons. The predicted octanol–water partition coefficient (Wildman–Crippen LogP) is 6.34. The van der Waals surface area contributed by atoms with E-state index in [0.29, 0.717) is 39.5 Å². The summed E-state index contributed by atoms with van der Waals surface area (Å²) in [6, 6.07) is 17.6. The molecule has 3 rings (SSSR count). The largest absolute Gasteiger partial charge is 0.496 e. The molecule has 1 N–H and O–H groups in total. The van der Waals surface area contributed by atoms with Crippen molar-refractivity contribution in [3.63, 3.8) is 0 Å². The van der Waals surface area contributed by atoms with Gasteiger partial charge in [-0.25, -0.2) is 8.42 Å². The summed E-state index contributed by atoms with van der Waals surface area (Å²) in [5.41, 5.74) is 1.90. The predicted molar refractivity (Wildman–Crippen MR) is 170 cm³/mol. The fourth-order valence-corrected chi connectivity index (χ4v) is 6.74. The van der Waals surface area contributed by atoms with Crippen LogP contribution in [0.3, 0.4) is 0 Å². The van der Waals surface area contributed by atoms with Crippen LogP contribution in [0.5, 0.6) is 5.75 Å². The second kappa shape index (κ2) is 15.4. The SMILES string of the molecule is CCCCNC(=O)[C@@H](CC)N(Cc1ccccc1Cl)C(=O)CN(c1ccc(C)cc1)S(=O)(=O)c1ccc(OC)c(Br)c1. The molecule has 0 radical (unpaired) electrons. The van der Waals surface area contributed by atoms with Crippen LogP contribution >= 0.6 is 27.5 Å². The number of halogens is 2. The minimum atomic E-state index is -4.22. The van der Waals surface area contributed by atoms with Crippen molar-refractivity contribution < 1.29 is 22.7 Å². The first kappa shape index (κ1) is 33.4. The normalized spacial score (nSPS) is 12.0. The van der Waals surface area contributed by atoms with E-state index < -0.39 is 28.5 Å². The third-order valence-electron chi connectivity index (χ3n) is 6.83. The highest BCUT2D eigenvalue weighted by atomic mass is 79.9. The molecule has 0 fully saturated rings. The molecule has 0 saturated carbocycles. The zero-order chi connectivity index (χ0) is 30.9. The summed E-state index contributed by atoms with van der Waals surface area (Å²) in [4.78, 5) is 28.8. The Labute approximate surface area is 262 Å². The van der Waals surface area contributed by atoms with Gasteiger partial charge < -0.3 is 15.0 Å². The molecule has 0 aliphatic rings. The number of methoxy groups -OCH3 is 1. The van der Waals surface area contributed by atoms with Crippen molar-refractivity contribution in [1.82, 2.24) is 10.2 Å². The zero-order valence-corrected chi connectivity index (χ0v) is 27.4. The number of unbranched alkanes of at least 4 members (excludes halogenated alkanes) is 1. The first-order valence-corrected chi connectivity index (χ1v) is 16.4. The fraction of sp³-hybridized carbons (Fsp3) is 0.355. The maximum absolute atomic E-state index is 14.2. The minimum absolute atomic E-state index is 0.0226. The smallest absolute Gasteiger partial charge is 0.264 e. The number of aryl methyl sites for hydroxylation is 1. The zero-order valence-electron chi connectivity index (χ0n) is 24.3. The van der Waals surface area contributed by atoms with Gasteiger partial charge in [-0.2, -0.15) is 0 Å². The van der Waals surface area contributed by atoms with Gasteiger partial charge in [-0.3, -0.25) is 13.9 Å². The quantitative estimate of drug-likeness (QED) is 0.201. The van der Waals surface area contributed by atoms with E-state index >= 15 is 0 Å². The highest BCUT2D eigenvalue weighted by Gasteiger charge is 2.34. The van der Waals surface area contributed by atoms with Gasteiger partial charge >= 0.3 is 0 Å². The molecule has 0 heterocycles. The lowest BCUT2D eigenvalue weighted by atomic mass is 10.1. The lowest BCUT2D eigenvalue weighted by Crippen LogP contribution is -2.52. The molecule has 0 bridgehead atoms. The number of benzene rings is 3. The summed E-state index contributed by atoms with van der Waals surface area (Å²) < 4.78 is 35.0. The number of sulfonamides is 1. The number of hydrogen-bond acceptors (Lipinski definition) is 5. The van der Waals surface area contributed by atoms with Crippen LogP contribution in [-0.4, -0.2) is 51.4 Å². The molecular formula is C31H37BrClN3O5S. The van der Waals surface area contributed by atoms with Crippen LogP contribution in [0.2, 0.25) is 5.02 Å². The van der Waals surface area contributed by atoms with E-state index in [2.05, 4.69) is 21.2 Å². The van der Waals surface area contributed by atoms with Crippen LogP contribution < -0.4 is 14.4 Å². The average molecular weight is 679 g/mol. The van der Waals surface area contributed by atoms with Crippen molar-refractivity contribution in [2.24, 2.45) is 0 Å². The Bertz CT molecular complexity index is 1480. The Kier molecular flexibility index (Phi) is 12.3. The highest BCUT2D eigenvalue weighted by molar-refractivity contribution is 9.10. The number of nitrogens with one attached hydrogen (secondary N) is 1. The van der Waals surface area contributed by atoms with Crippen molar-refractivity contribution in [2.45, 2.75) is 57.5 Å². The van der Waals surface area contributed by atoms with Crippen molar-refractivity contribution >= 4 is 55.1 Å². The van der Waals surface area contributed by atoms with Gasteiger partial charge in [-0.15, -0.1) is 0 Å². The van der Waals surface area contributed by atoms with Gasteiger partial charge in [0.15, 0.2) is 0 Å². The molecule has 8 nitrogen and oxygen atoms in total. The van der Waals surface area contributed by atoms with Crippen LogP contribution in [0.1, 0.15) is 44.2 Å². The second-order valence-corrected chi connectivity index (χ2v) is 12.9. The molecule has 0 aromatic heterocycles. The van der Waals surface area contributed by atoms with E-state index in [9.17, 15) is 18.0 Å². The van der Waals surface area contributed by atoms with Gasteiger partial charge in [-0.1, -0.05) is 67.8 Å². The van der Waals surface area contributed by atoms with Crippen molar-refractivity contribution in [1.29, 1.82) is 0 Å². The summed E-state index contributed by atoms with van der Waals surface area (Å²) in [5, 5.41) is 3.37. The number of ether oxygens (including phenoxy) is 1. The van der Waals surface area contributed by atoms with Crippen molar-refractivity contribution in [2.75, 3.05) is 24.5 Å². The molecular weight excluding hydrogens is 642 g/mol. The number of hydrogen-bond donors (Lipinski definition) is 1. The summed E-state index contributed by atoms with van der Waals surface area (Å²) in [6.07, 6.45) is 2.04. The maximum Gasteiger partial charge on any atom is 0.264 e. The van der Waals surface area contributed by atoms with E-state index in [1.165, 1.54) is 24.1 Å². The summed E-state index contributed by atoms with van der Waals surface area (Å²) in [6.45, 7) is 5.73. The Morgan fingerprint density at radius 2 is 1.74 bits per heavy atom. The molecule has 0 saturated heterocycles. The fourth-order valence-electron chi connectivity index (χ4n) is 4.41. The highest BCUT2D eigenvalue weighted by Crippen LogP contribution is 2.31. The van der Waals surface area contributed by atoms with E-state index in [1.54, 1.807) is 54.6 Å². The number of carbonyl (C=O) groups excluding carboxylic acids is 2. The minimum Gasteiger partial charge on any atom is -0.496 e. The molecule has 1 atom stereocenters. The molecule has 2 amide bonds. The molecule has 0 spiro atoms. The van der Waals surface area contributed by atoms with Crippen LogP contribution in [-0.2, 0) is 26.2 Å². The topological polar surface area (TPSA) is 96.0 Å². The van der Waals surface area contributed by atoms with Crippen LogP contribution in [0.4, 0.5) is 5.69 Å². The van der Waals surface area contributed by atoms with Crippen LogP contribution in [0, 0.1) is 6.92 Å². The van der Waals surface area contributed by atoms with Crippen LogP contribution in [0.25, 0.3) is 0 Å². The molecule has 0 aliphatic heterocycles. The summed E-state index contributed by atoms with van der Waals surface area (Å²) >= 11 is 9.81. The number of amides is 2. The number of rotatable bonds is 14. The third-order valence-corrected chi connectivity index (χ3v) is 9.58. The second-order valence-electron chi connectivity index (χ2n) is 9.83. The molecule has 0 unspecified atom stereocenters. The maximum atomic E-state index is 14.2. The van der Waals surface area contributed by atoms with Crippen LogP contribution in [0.15, 0.2) is 76.1 Å². The van der Waals surface area contributed by atoms with E-state index in [4.69, 9.17) is 16.3 Å². The Hall–Kier alpha value is -3.08. The van der Waals surface area contributed by atoms with Gasteiger partial charge in [0.2, 0.25) is 11.8 Å². The van der Waals surface area contributed by atoms with E-state index in [-0.39, 0.29) is 17.3 Å². The molecule has 11 heteroatoms. The van der Waals surface area contributed by atoms with E-state index in [0.717, 1.165) is 22.7 Å². The van der Waals surface area contributed by atoms with Gasteiger partial charge in [-0.05, 0) is 77.7 Å². The summed E-state index contributed by atoms with van der Waals surface area (Å²) in [7, 11) is -2.73. The number of carbonyl (C=O) groups is 2. The van der Waals surface area contributed by atoms with Gasteiger partial charge in [0.1, 0.15) is 18.3 Å². The van der Waals surface area contributed by atoms with Crippen molar-refractivity contribution in [3.8, 4) is 5.75 Å². The van der Waals surface area contributed by atoms with E-state index in [1.807, 2.05) is 20.8 Å². The lowest BCUT2D eigenvalue weighted by Gasteiger charge is -2.33. The standard InChI is InChI=1S/C31H37BrClN3O5S/c1-5-7-18-34-31(38)28(6-2)35(20-23-10-8-9-11-27(23)33)30(37)21-36(24-14-12-22(3)13-15-24)42(39,40)25-16-17-29(41-4)26(32)19-25/h8-17,19,28H,5-7,18,20-21H2,1-4H3,(H,34,38)/t28-/m1/s1.